The van der Waals surface area contributed by atoms with Crippen LogP contribution in [0.25, 0.3) is 0 Å². The predicted molar refractivity (Wildman–Crippen MR) is 90.8 cm³/mol. The molecule has 0 aliphatic heterocycles. The van der Waals surface area contributed by atoms with Crippen molar-refractivity contribution in [1.29, 1.82) is 0 Å². The second kappa shape index (κ2) is 7.43. The topological polar surface area (TPSA) is 121 Å². The summed E-state index contributed by atoms with van der Waals surface area (Å²) in [5.74, 6) is -1.33. The van der Waals surface area contributed by atoms with Gasteiger partial charge < -0.3 is 24.8 Å². The summed E-state index contributed by atoms with van der Waals surface area (Å²) in [5.41, 5.74) is 3.48. The molecule has 0 fully saturated rings. The molecule has 0 saturated carbocycles. The normalized spacial score (nSPS) is 10.7. The third-order valence-electron chi connectivity index (χ3n) is 3.36. The van der Waals surface area contributed by atoms with Crippen LogP contribution in [0.3, 0.4) is 0 Å². The molecule has 2 aromatic rings. The molecular weight excluding hydrogens is 328 g/mol. The highest BCUT2D eigenvalue weighted by atomic mass is 16.5. The minimum Gasteiger partial charge on any atom is -0.507 e. The SMILES string of the molecule is COc1cc(C)cc(/C=N/NC(=O)c2cc(O)c(O)cc2O)c1OC. The quantitative estimate of drug-likeness (QED) is 0.284. The van der Waals surface area contributed by atoms with E-state index in [1.54, 1.807) is 12.1 Å². The zero-order chi connectivity index (χ0) is 18.6. The predicted octanol–water partition coefficient (Wildman–Crippen LogP) is 1.89. The van der Waals surface area contributed by atoms with Gasteiger partial charge in [0.25, 0.3) is 5.91 Å². The molecule has 0 aliphatic carbocycles. The number of phenolic OH excluding ortho intramolecular Hbond substituents is 3. The van der Waals surface area contributed by atoms with E-state index in [2.05, 4.69) is 10.5 Å². The van der Waals surface area contributed by atoms with Crippen molar-refractivity contribution in [2.45, 2.75) is 6.92 Å². The van der Waals surface area contributed by atoms with Gasteiger partial charge in [-0.2, -0.15) is 5.10 Å². The maximum atomic E-state index is 12.0. The van der Waals surface area contributed by atoms with Crippen LogP contribution in [0.5, 0.6) is 28.7 Å². The molecule has 8 nitrogen and oxygen atoms in total. The number of hydrazone groups is 1. The van der Waals surface area contributed by atoms with Crippen LogP contribution in [0.1, 0.15) is 21.5 Å². The Balaban J connectivity index is 2.23. The number of aryl methyl sites for hydroxylation is 1. The van der Waals surface area contributed by atoms with Crippen LogP contribution in [-0.4, -0.2) is 41.7 Å². The summed E-state index contributed by atoms with van der Waals surface area (Å²) in [7, 11) is 3.00. The standard InChI is InChI=1S/C17H18N2O6/c1-9-4-10(16(25-3)15(5-9)24-2)8-18-19-17(23)11-6-13(21)14(22)7-12(11)20/h4-8,20-22H,1-3H3,(H,19,23)/b18-8+. The van der Waals surface area contributed by atoms with Gasteiger partial charge in [0.2, 0.25) is 0 Å². The van der Waals surface area contributed by atoms with E-state index in [0.717, 1.165) is 17.7 Å². The molecule has 0 heterocycles. The zero-order valence-corrected chi connectivity index (χ0v) is 13.9. The molecule has 0 radical (unpaired) electrons. The van der Waals surface area contributed by atoms with Gasteiger partial charge in [-0.15, -0.1) is 0 Å². The highest BCUT2D eigenvalue weighted by molar-refractivity contribution is 5.98. The summed E-state index contributed by atoms with van der Waals surface area (Å²) < 4.78 is 10.5. The third kappa shape index (κ3) is 3.92. The molecule has 25 heavy (non-hydrogen) atoms. The lowest BCUT2D eigenvalue weighted by Crippen LogP contribution is -2.17. The van der Waals surface area contributed by atoms with E-state index in [9.17, 15) is 20.1 Å². The monoisotopic (exact) mass is 346 g/mol. The Morgan fingerprint density at radius 1 is 1.04 bits per heavy atom. The largest absolute Gasteiger partial charge is 0.507 e. The third-order valence-corrected chi connectivity index (χ3v) is 3.36. The van der Waals surface area contributed by atoms with Crippen molar-refractivity contribution in [3.05, 3.63) is 41.0 Å². The summed E-state index contributed by atoms with van der Waals surface area (Å²) in [4.78, 5) is 12.0. The van der Waals surface area contributed by atoms with Crippen molar-refractivity contribution in [2.24, 2.45) is 5.10 Å². The number of hydrogen-bond donors (Lipinski definition) is 4. The summed E-state index contributed by atoms with van der Waals surface area (Å²) in [6.45, 7) is 1.87. The number of methoxy groups -OCH3 is 2. The van der Waals surface area contributed by atoms with E-state index < -0.39 is 23.2 Å². The Labute approximate surface area is 143 Å². The number of carbonyl (C=O) groups is 1. The molecule has 2 rings (SSSR count). The van der Waals surface area contributed by atoms with Crippen LogP contribution in [0, 0.1) is 6.92 Å². The Morgan fingerprint density at radius 2 is 1.72 bits per heavy atom. The summed E-state index contributed by atoms with van der Waals surface area (Å²) in [6, 6.07) is 5.39. The van der Waals surface area contributed by atoms with Crippen molar-refractivity contribution >= 4 is 12.1 Å². The van der Waals surface area contributed by atoms with E-state index in [0.29, 0.717) is 17.1 Å². The molecule has 0 unspecified atom stereocenters. The van der Waals surface area contributed by atoms with Crippen LogP contribution in [0.15, 0.2) is 29.4 Å². The van der Waals surface area contributed by atoms with Crippen LogP contribution >= 0.6 is 0 Å². The number of ether oxygens (including phenoxy) is 2. The molecule has 0 aromatic heterocycles. The molecular formula is C17H18N2O6. The van der Waals surface area contributed by atoms with E-state index in [1.165, 1.54) is 20.4 Å². The molecule has 1 amide bonds. The van der Waals surface area contributed by atoms with Crippen LogP contribution in [0.2, 0.25) is 0 Å². The molecule has 8 heteroatoms. The second-order valence-corrected chi connectivity index (χ2v) is 5.15. The summed E-state index contributed by atoms with van der Waals surface area (Å²) in [5, 5.41) is 32.2. The van der Waals surface area contributed by atoms with Gasteiger partial charge in [-0.1, -0.05) is 0 Å². The number of nitrogens with one attached hydrogen (secondary N) is 1. The van der Waals surface area contributed by atoms with Crippen molar-refractivity contribution in [3.8, 4) is 28.7 Å². The van der Waals surface area contributed by atoms with E-state index in [-0.39, 0.29) is 5.56 Å². The first-order valence-corrected chi connectivity index (χ1v) is 7.18. The minimum atomic E-state index is -0.761. The summed E-state index contributed by atoms with van der Waals surface area (Å²) in [6.07, 6.45) is 1.36. The van der Waals surface area contributed by atoms with Gasteiger partial charge in [-0.05, 0) is 24.6 Å². The highest BCUT2D eigenvalue weighted by Gasteiger charge is 2.15. The Bertz CT molecular complexity index is 832. The number of benzene rings is 2. The number of nitrogens with zero attached hydrogens (tertiary/aromatic N) is 1. The lowest BCUT2D eigenvalue weighted by Gasteiger charge is -2.11. The number of hydrogen-bond acceptors (Lipinski definition) is 7. The first-order chi connectivity index (χ1) is 11.9. The fraction of sp³-hybridized carbons (Fsp3) is 0.176. The molecule has 0 atom stereocenters. The van der Waals surface area contributed by atoms with Crippen LogP contribution in [-0.2, 0) is 0 Å². The first-order valence-electron chi connectivity index (χ1n) is 7.18. The fourth-order valence-electron chi connectivity index (χ4n) is 2.20. The van der Waals surface area contributed by atoms with Crippen LogP contribution < -0.4 is 14.9 Å². The van der Waals surface area contributed by atoms with Gasteiger partial charge >= 0.3 is 0 Å². The lowest BCUT2D eigenvalue weighted by molar-refractivity contribution is 0.0952. The number of phenols is 3. The maximum Gasteiger partial charge on any atom is 0.275 e. The lowest BCUT2D eigenvalue weighted by atomic mass is 10.1. The Kier molecular flexibility index (Phi) is 5.33. The second-order valence-electron chi connectivity index (χ2n) is 5.15. The average Bonchev–Trinajstić information content (AvgIpc) is 2.57. The van der Waals surface area contributed by atoms with Crippen molar-refractivity contribution < 1.29 is 29.6 Å². The van der Waals surface area contributed by atoms with Gasteiger partial charge in [0.15, 0.2) is 23.0 Å². The van der Waals surface area contributed by atoms with E-state index >= 15 is 0 Å². The van der Waals surface area contributed by atoms with E-state index in [1.807, 2.05) is 6.92 Å². The Hall–Kier alpha value is -3.42. The van der Waals surface area contributed by atoms with Crippen LogP contribution in [0.4, 0.5) is 0 Å². The highest BCUT2D eigenvalue weighted by Crippen LogP contribution is 2.32. The van der Waals surface area contributed by atoms with Crippen molar-refractivity contribution in [3.63, 3.8) is 0 Å². The van der Waals surface area contributed by atoms with Gasteiger partial charge in [0.05, 0.1) is 26.0 Å². The summed E-state index contributed by atoms with van der Waals surface area (Å²) >= 11 is 0. The smallest absolute Gasteiger partial charge is 0.275 e. The molecule has 0 spiro atoms. The minimum absolute atomic E-state index is 0.235. The molecule has 0 aliphatic rings. The number of carbonyl (C=O) groups excluding carboxylic acids is 1. The molecule has 2 aromatic carbocycles. The van der Waals surface area contributed by atoms with Gasteiger partial charge in [0, 0.05) is 17.7 Å². The molecule has 132 valence electrons. The van der Waals surface area contributed by atoms with Gasteiger partial charge in [-0.25, -0.2) is 5.43 Å². The molecule has 0 saturated heterocycles. The fourth-order valence-corrected chi connectivity index (χ4v) is 2.20. The van der Waals surface area contributed by atoms with Crippen molar-refractivity contribution in [1.82, 2.24) is 5.43 Å². The van der Waals surface area contributed by atoms with Crippen molar-refractivity contribution in [2.75, 3.05) is 14.2 Å². The zero-order valence-electron chi connectivity index (χ0n) is 13.9. The molecule has 0 bridgehead atoms. The first kappa shape index (κ1) is 17.9. The van der Waals surface area contributed by atoms with E-state index in [4.69, 9.17) is 9.47 Å². The average molecular weight is 346 g/mol. The number of amides is 1. The number of aromatic hydroxyl groups is 3. The maximum absolute atomic E-state index is 12.0. The Morgan fingerprint density at radius 3 is 2.36 bits per heavy atom. The number of rotatable bonds is 5. The van der Waals surface area contributed by atoms with Gasteiger partial charge in [0.1, 0.15) is 5.75 Å². The van der Waals surface area contributed by atoms with Gasteiger partial charge in [-0.3, -0.25) is 4.79 Å². The molecule has 4 N–H and O–H groups in total.